The van der Waals surface area contributed by atoms with Crippen LogP contribution in [0.3, 0.4) is 0 Å². The highest BCUT2D eigenvalue weighted by atomic mass is 16.3. The molecule has 1 aliphatic carbocycles. The minimum absolute atomic E-state index is 0.118. The van der Waals surface area contributed by atoms with E-state index in [2.05, 4.69) is 50.4 Å². The van der Waals surface area contributed by atoms with E-state index in [1.807, 2.05) is 0 Å². The summed E-state index contributed by atoms with van der Waals surface area (Å²) in [5.74, 6) is 0.725. The molecule has 0 bridgehead atoms. The predicted octanol–water partition coefficient (Wildman–Crippen LogP) is 4.19. The number of benzene rings is 1. The van der Waals surface area contributed by atoms with E-state index in [0.717, 1.165) is 38.1 Å². The van der Waals surface area contributed by atoms with Crippen molar-refractivity contribution in [3.8, 4) is 0 Å². The third kappa shape index (κ3) is 2.89. The molecule has 1 aromatic carbocycles. The van der Waals surface area contributed by atoms with Crippen LogP contribution in [-0.4, -0.2) is 10.7 Å². The first-order valence-electron chi connectivity index (χ1n) is 8.44. The normalized spacial score (nSPS) is 33.5. The van der Waals surface area contributed by atoms with Crippen LogP contribution in [0.1, 0.15) is 70.0 Å². The van der Waals surface area contributed by atoms with Crippen molar-refractivity contribution in [1.29, 1.82) is 0 Å². The molecule has 2 N–H and O–H groups in total. The smallest absolute Gasteiger partial charge is 0.0841 e. The van der Waals surface area contributed by atoms with Gasteiger partial charge >= 0.3 is 0 Å². The van der Waals surface area contributed by atoms with Gasteiger partial charge in [-0.2, -0.15) is 0 Å². The van der Waals surface area contributed by atoms with Crippen LogP contribution in [0.15, 0.2) is 24.3 Å². The Kier molecular flexibility index (Phi) is 3.87. The summed E-state index contributed by atoms with van der Waals surface area (Å²) >= 11 is 0. The maximum absolute atomic E-state index is 11.3. The van der Waals surface area contributed by atoms with E-state index in [0.29, 0.717) is 5.41 Å². The van der Waals surface area contributed by atoms with Crippen LogP contribution >= 0.6 is 0 Å². The highest BCUT2D eigenvalue weighted by molar-refractivity contribution is 5.36. The molecule has 3 atom stereocenters. The van der Waals surface area contributed by atoms with Gasteiger partial charge in [0.05, 0.1) is 11.6 Å². The van der Waals surface area contributed by atoms with Crippen LogP contribution in [0.4, 0.5) is 0 Å². The van der Waals surface area contributed by atoms with Gasteiger partial charge in [0.2, 0.25) is 0 Å². The van der Waals surface area contributed by atoms with Crippen LogP contribution in [0.25, 0.3) is 0 Å². The Morgan fingerprint density at radius 2 is 1.90 bits per heavy atom. The second-order valence-electron chi connectivity index (χ2n) is 8.11. The van der Waals surface area contributed by atoms with Crippen molar-refractivity contribution < 1.29 is 5.11 Å². The average molecular weight is 287 g/mol. The molecule has 1 heterocycles. The summed E-state index contributed by atoms with van der Waals surface area (Å²) in [6.45, 7) is 7.91. The van der Waals surface area contributed by atoms with Gasteiger partial charge in [-0.15, -0.1) is 0 Å². The van der Waals surface area contributed by atoms with Gasteiger partial charge in [0.25, 0.3) is 0 Å². The summed E-state index contributed by atoms with van der Waals surface area (Å²) in [5, 5.41) is 14.9. The third-order valence-corrected chi connectivity index (χ3v) is 5.71. The van der Waals surface area contributed by atoms with Crippen LogP contribution in [-0.2, 0) is 6.54 Å². The van der Waals surface area contributed by atoms with E-state index in [-0.39, 0.29) is 6.04 Å². The van der Waals surface area contributed by atoms with Crippen molar-refractivity contribution in [2.75, 3.05) is 0 Å². The van der Waals surface area contributed by atoms with Gasteiger partial charge in [0, 0.05) is 6.54 Å². The molecule has 0 radical (unpaired) electrons. The zero-order chi connectivity index (χ0) is 15.1. The average Bonchev–Trinajstić information content (AvgIpc) is 2.75. The molecular weight excluding hydrogens is 258 g/mol. The van der Waals surface area contributed by atoms with Gasteiger partial charge in [-0.05, 0) is 48.1 Å². The molecule has 3 rings (SSSR count). The van der Waals surface area contributed by atoms with Gasteiger partial charge in [0.1, 0.15) is 0 Å². The van der Waals surface area contributed by atoms with Crippen molar-refractivity contribution in [1.82, 2.24) is 5.32 Å². The zero-order valence-corrected chi connectivity index (χ0v) is 13.7. The van der Waals surface area contributed by atoms with E-state index in [4.69, 9.17) is 0 Å². The van der Waals surface area contributed by atoms with Crippen LogP contribution in [0.5, 0.6) is 0 Å². The van der Waals surface area contributed by atoms with Crippen molar-refractivity contribution in [2.24, 2.45) is 11.3 Å². The Labute approximate surface area is 129 Å². The minimum Gasteiger partial charge on any atom is -0.388 e. The standard InChI is InChI=1S/C19H29NO/c1-18(2,3)15-8-6-11-19(21,12-10-15)17-16-9-5-4-7-14(16)13-20-17/h4-5,7,9,15,17,20-21H,6,8,10-13H2,1-3H3. The Hall–Kier alpha value is -0.860. The first-order chi connectivity index (χ1) is 9.90. The van der Waals surface area contributed by atoms with Crippen molar-refractivity contribution in [3.05, 3.63) is 35.4 Å². The first kappa shape index (κ1) is 15.1. The molecule has 1 aromatic rings. The number of hydrogen-bond donors (Lipinski definition) is 2. The number of hydrogen-bond acceptors (Lipinski definition) is 2. The third-order valence-electron chi connectivity index (χ3n) is 5.71. The molecular formula is C19H29NO. The number of nitrogens with one attached hydrogen (secondary N) is 1. The second kappa shape index (κ2) is 5.40. The largest absolute Gasteiger partial charge is 0.388 e. The molecule has 0 saturated heterocycles. The molecule has 1 saturated carbocycles. The summed E-state index contributed by atoms with van der Waals surface area (Å²) in [6.07, 6.45) is 5.37. The van der Waals surface area contributed by atoms with Gasteiger partial charge in [-0.1, -0.05) is 51.5 Å². The fourth-order valence-electron chi connectivity index (χ4n) is 4.28. The van der Waals surface area contributed by atoms with Gasteiger partial charge in [-0.25, -0.2) is 0 Å². The van der Waals surface area contributed by atoms with Crippen molar-refractivity contribution in [3.63, 3.8) is 0 Å². The molecule has 2 heteroatoms. The van der Waals surface area contributed by atoms with Crippen molar-refractivity contribution >= 4 is 0 Å². The quantitative estimate of drug-likeness (QED) is 0.759. The molecule has 21 heavy (non-hydrogen) atoms. The molecule has 3 unspecified atom stereocenters. The summed E-state index contributed by atoms with van der Waals surface area (Å²) in [5.41, 5.74) is 2.44. The summed E-state index contributed by atoms with van der Waals surface area (Å²) in [4.78, 5) is 0. The highest BCUT2D eigenvalue weighted by Crippen LogP contribution is 2.45. The Morgan fingerprint density at radius 1 is 1.14 bits per heavy atom. The monoisotopic (exact) mass is 287 g/mol. The fraction of sp³-hybridized carbons (Fsp3) is 0.684. The summed E-state index contributed by atoms with van der Waals surface area (Å²) < 4.78 is 0. The number of aliphatic hydroxyl groups is 1. The molecule has 1 aliphatic heterocycles. The Morgan fingerprint density at radius 3 is 2.67 bits per heavy atom. The van der Waals surface area contributed by atoms with Crippen LogP contribution < -0.4 is 5.32 Å². The summed E-state index contributed by atoms with van der Waals surface area (Å²) in [7, 11) is 0. The van der Waals surface area contributed by atoms with E-state index < -0.39 is 5.60 Å². The molecule has 1 fully saturated rings. The van der Waals surface area contributed by atoms with Gasteiger partial charge in [-0.3, -0.25) is 0 Å². The fourth-order valence-corrected chi connectivity index (χ4v) is 4.28. The van der Waals surface area contributed by atoms with E-state index in [1.54, 1.807) is 0 Å². The van der Waals surface area contributed by atoms with Crippen LogP contribution in [0, 0.1) is 11.3 Å². The molecule has 0 aromatic heterocycles. The van der Waals surface area contributed by atoms with E-state index >= 15 is 0 Å². The lowest BCUT2D eigenvalue weighted by Crippen LogP contribution is -2.41. The van der Waals surface area contributed by atoms with E-state index in [1.165, 1.54) is 17.5 Å². The SMILES string of the molecule is CC(C)(C)C1CCCC(O)(C2NCc3ccccc32)CC1. The van der Waals surface area contributed by atoms with Crippen LogP contribution in [0.2, 0.25) is 0 Å². The first-order valence-corrected chi connectivity index (χ1v) is 8.44. The Bertz CT molecular complexity index is 505. The minimum atomic E-state index is -0.577. The highest BCUT2D eigenvalue weighted by Gasteiger charge is 2.43. The Balaban J connectivity index is 1.80. The summed E-state index contributed by atoms with van der Waals surface area (Å²) in [6, 6.07) is 8.67. The molecule has 2 aliphatic rings. The lowest BCUT2D eigenvalue weighted by atomic mass is 9.75. The van der Waals surface area contributed by atoms with E-state index in [9.17, 15) is 5.11 Å². The number of rotatable bonds is 1. The lowest BCUT2D eigenvalue weighted by molar-refractivity contribution is -0.0125. The predicted molar refractivity (Wildman–Crippen MR) is 87.0 cm³/mol. The maximum atomic E-state index is 11.3. The van der Waals surface area contributed by atoms with Gasteiger partial charge < -0.3 is 10.4 Å². The topological polar surface area (TPSA) is 32.3 Å². The van der Waals surface area contributed by atoms with Gasteiger partial charge in [0.15, 0.2) is 0 Å². The maximum Gasteiger partial charge on any atom is 0.0841 e. The molecule has 0 spiro atoms. The van der Waals surface area contributed by atoms with Crippen molar-refractivity contribution in [2.45, 2.75) is 71.1 Å². The molecule has 116 valence electrons. The lowest BCUT2D eigenvalue weighted by Gasteiger charge is -2.35. The zero-order valence-electron chi connectivity index (χ0n) is 13.7. The second-order valence-corrected chi connectivity index (χ2v) is 8.11. The molecule has 2 nitrogen and oxygen atoms in total. The molecule has 0 amide bonds. The number of fused-ring (bicyclic) bond motifs is 1.